The Morgan fingerprint density at radius 2 is 1.84 bits per heavy atom. The van der Waals surface area contributed by atoms with Gasteiger partial charge in [0.05, 0.1) is 17.4 Å². The number of piperazine rings is 1. The Hall–Kier alpha value is -2.70. The standard InChI is InChI=1S/C19H26ClN9O2S/c1-12-9-17(28(4)25-12)26-32(30,31)13(2)22-18-14-10-16(20)21-11-15(14)23-19(24-18)29-7-5-27(3)6-8-29/h9-11,13,26H,5-8H2,1-4H3,(H,22,23,24). The molecule has 4 heterocycles. The normalized spacial score (nSPS) is 16.3. The van der Waals surface area contributed by atoms with Crippen molar-refractivity contribution in [2.75, 3.05) is 48.2 Å². The Kier molecular flexibility index (Phi) is 6.10. The maximum Gasteiger partial charge on any atom is 0.254 e. The number of hydrogen-bond donors (Lipinski definition) is 2. The number of rotatable bonds is 6. The summed E-state index contributed by atoms with van der Waals surface area (Å²) in [6.45, 7) is 6.68. The summed E-state index contributed by atoms with van der Waals surface area (Å²) in [7, 11) is -0.0467. The second-order valence-electron chi connectivity index (χ2n) is 7.91. The molecule has 11 nitrogen and oxygen atoms in total. The van der Waals surface area contributed by atoms with Gasteiger partial charge in [-0.3, -0.25) is 9.40 Å². The molecule has 0 amide bonds. The highest BCUT2D eigenvalue weighted by molar-refractivity contribution is 7.93. The van der Waals surface area contributed by atoms with Crippen molar-refractivity contribution in [3.8, 4) is 0 Å². The molecule has 0 aromatic carbocycles. The molecule has 1 aliphatic heterocycles. The highest BCUT2D eigenvalue weighted by Gasteiger charge is 2.25. The number of aryl methyl sites for hydroxylation is 2. The number of likely N-dealkylation sites (N-methyl/N-ethyl adjacent to an activating group) is 1. The van der Waals surface area contributed by atoms with Gasteiger partial charge in [-0.15, -0.1) is 0 Å². The molecule has 1 aliphatic rings. The van der Waals surface area contributed by atoms with Crippen LogP contribution in [0.25, 0.3) is 10.9 Å². The average Bonchev–Trinajstić information content (AvgIpc) is 3.04. The van der Waals surface area contributed by atoms with Crippen molar-refractivity contribution in [2.45, 2.75) is 19.2 Å². The van der Waals surface area contributed by atoms with Crippen LogP contribution >= 0.6 is 11.6 Å². The van der Waals surface area contributed by atoms with Gasteiger partial charge >= 0.3 is 0 Å². The van der Waals surface area contributed by atoms with Crippen LogP contribution in [0.4, 0.5) is 17.6 Å². The number of nitrogens with zero attached hydrogens (tertiary/aromatic N) is 7. The van der Waals surface area contributed by atoms with E-state index < -0.39 is 15.4 Å². The Morgan fingerprint density at radius 3 is 2.50 bits per heavy atom. The van der Waals surface area contributed by atoms with Gasteiger partial charge in [0.1, 0.15) is 22.2 Å². The molecule has 13 heteroatoms. The van der Waals surface area contributed by atoms with Gasteiger partial charge in [-0.1, -0.05) is 11.6 Å². The largest absolute Gasteiger partial charge is 0.352 e. The number of halogens is 1. The molecule has 3 aromatic heterocycles. The second-order valence-corrected chi connectivity index (χ2v) is 10.3. The Morgan fingerprint density at radius 1 is 1.12 bits per heavy atom. The Bertz CT molecular complexity index is 1240. The lowest BCUT2D eigenvalue weighted by molar-refractivity contribution is 0.311. The Balaban J connectivity index is 1.66. The lowest BCUT2D eigenvalue weighted by Crippen LogP contribution is -2.45. The van der Waals surface area contributed by atoms with Crippen LogP contribution < -0.4 is 14.9 Å². The topological polar surface area (TPSA) is 121 Å². The summed E-state index contributed by atoms with van der Waals surface area (Å²) in [4.78, 5) is 17.7. The maximum atomic E-state index is 13.0. The van der Waals surface area contributed by atoms with E-state index in [1.807, 2.05) is 0 Å². The number of nitrogens with one attached hydrogen (secondary N) is 2. The number of pyridine rings is 1. The third-order valence-electron chi connectivity index (χ3n) is 5.38. The van der Waals surface area contributed by atoms with Crippen molar-refractivity contribution in [2.24, 2.45) is 7.05 Å². The van der Waals surface area contributed by atoms with Crippen LogP contribution in [-0.2, 0) is 17.1 Å². The predicted molar refractivity (Wildman–Crippen MR) is 126 cm³/mol. The van der Waals surface area contributed by atoms with E-state index in [9.17, 15) is 8.42 Å². The van der Waals surface area contributed by atoms with Crippen molar-refractivity contribution >= 4 is 50.1 Å². The molecule has 0 saturated carbocycles. The van der Waals surface area contributed by atoms with Crippen LogP contribution in [0.1, 0.15) is 12.6 Å². The minimum atomic E-state index is -3.80. The number of hydrogen-bond acceptors (Lipinski definition) is 9. The summed E-state index contributed by atoms with van der Waals surface area (Å²) in [5, 5.41) is 7.08. The van der Waals surface area contributed by atoms with E-state index in [4.69, 9.17) is 11.6 Å². The highest BCUT2D eigenvalue weighted by Crippen LogP contribution is 2.27. The van der Waals surface area contributed by atoms with E-state index >= 15 is 0 Å². The number of anilines is 3. The molecule has 0 bridgehead atoms. The molecule has 32 heavy (non-hydrogen) atoms. The summed E-state index contributed by atoms with van der Waals surface area (Å²) in [5.74, 6) is 1.29. The summed E-state index contributed by atoms with van der Waals surface area (Å²) in [6.07, 6.45) is 1.57. The monoisotopic (exact) mass is 479 g/mol. The van der Waals surface area contributed by atoms with Gasteiger partial charge in [0.25, 0.3) is 10.0 Å². The number of aromatic nitrogens is 5. The number of fused-ring (bicyclic) bond motifs is 1. The van der Waals surface area contributed by atoms with Crippen molar-refractivity contribution in [3.05, 3.63) is 29.2 Å². The molecular formula is C19H26ClN9O2S. The minimum absolute atomic E-state index is 0.274. The van der Waals surface area contributed by atoms with Crippen LogP contribution in [0.2, 0.25) is 5.15 Å². The van der Waals surface area contributed by atoms with Gasteiger partial charge in [0.15, 0.2) is 0 Å². The van der Waals surface area contributed by atoms with E-state index in [2.05, 4.69) is 46.9 Å². The molecule has 1 saturated heterocycles. The van der Waals surface area contributed by atoms with Crippen LogP contribution in [0.3, 0.4) is 0 Å². The molecule has 1 fully saturated rings. The molecule has 0 spiro atoms. The molecule has 3 aromatic rings. The van der Waals surface area contributed by atoms with Gasteiger partial charge in [-0.25, -0.2) is 18.4 Å². The summed E-state index contributed by atoms with van der Waals surface area (Å²) < 4.78 is 30.0. The highest BCUT2D eigenvalue weighted by atomic mass is 35.5. The molecule has 1 atom stereocenters. The van der Waals surface area contributed by atoms with Crippen LogP contribution in [0.5, 0.6) is 0 Å². The molecular weight excluding hydrogens is 454 g/mol. The SMILES string of the molecule is Cc1cc(NS(=O)(=O)C(C)Nc2nc(N3CCN(C)CC3)nc3cnc(Cl)cc23)n(C)n1. The zero-order valence-electron chi connectivity index (χ0n) is 18.4. The van der Waals surface area contributed by atoms with Gasteiger partial charge in [-0.2, -0.15) is 10.1 Å². The third-order valence-corrected chi connectivity index (χ3v) is 7.13. The summed E-state index contributed by atoms with van der Waals surface area (Å²) in [6, 6.07) is 3.30. The van der Waals surface area contributed by atoms with Crippen molar-refractivity contribution in [1.29, 1.82) is 0 Å². The van der Waals surface area contributed by atoms with E-state index in [0.29, 0.717) is 34.2 Å². The smallest absolute Gasteiger partial charge is 0.254 e. The van der Waals surface area contributed by atoms with Crippen LogP contribution in [0, 0.1) is 6.92 Å². The second kappa shape index (κ2) is 8.68. The molecule has 0 radical (unpaired) electrons. The molecule has 172 valence electrons. The molecule has 0 aliphatic carbocycles. The van der Waals surface area contributed by atoms with Gasteiger partial charge in [-0.05, 0) is 27.0 Å². The summed E-state index contributed by atoms with van der Waals surface area (Å²) in [5.41, 5.74) is 1.30. The fraction of sp³-hybridized carbons (Fsp3) is 0.474. The zero-order valence-corrected chi connectivity index (χ0v) is 19.9. The van der Waals surface area contributed by atoms with Gasteiger partial charge < -0.3 is 15.1 Å². The van der Waals surface area contributed by atoms with E-state index in [0.717, 1.165) is 26.2 Å². The zero-order chi connectivity index (χ0) is 23.0. The van der Waals surface area contributed by atoms with Crippen molar-refractivity contribution in [1.82, 2.24) is 29.6 Å². The molecule has 4 rings (SSSR count). The van der Waals surface area contributed by atoms with E-state index in [1.165, 1.54) is 4.68 Å². The Labute approximate surface area is 191 Å². The van der Waals surface area contributed by atoms with Crippen LogP contribution in [-0.4, -0.2) is 76.7 Å². The predicted octanol–water partition coefficient (Wildman–Crippen LogP) is 1.67. The quantitative estimate of drug-likeness (QED) is 0.508. The molecule has 2 N–H and O–H groups in total. The van der Waals surface area contributed by atoms with Crippen LogP contribution in [0.15, 0.2) is 18.3 Å². The summed E-state index contributed by atoms with van der Waals surface area (Å²) >= 11 is 6.10. The number of sulfonamides is 1. The van der Waals surface area contributed by atoms with E-state index in [1.54, 1.807) is 39.2 Å². The lowest BCUT2D eigenvalue weighted by atomic mass is 10.3. The fourth-order valence-electron chi connectivity index (χ4n) is 3.46. The first-order valence-electron chi connectivity index (χ1n) is 10.2. The fourth-order valence-corrected chi connectivity index (χ4v) is 4.55. The van der Waals surface area contributed by atoms with Gasteiger partial charge in [0, 0.05) is 44.7 Å². The first-order valence-corrected chi connectivity index (χ1v) is 12.1. The third kappa shape index (κ3) is 4.71. The molecule has 1 unspecified atom stereocenters. The first kappa shape index (κ1) is 22.5. The van der Waals surface area contributed by atoms with Crippen molar-refractivity contribution < 1.29 is 8.42 Å². The van der Waals surface area contributed by atoms with E-state index in [-0.39, 0.29) is 5.15 Å². The first-order chi connectivity index (χ1) is 15.1. The maximum absolute atomic E-state index is 13.0. The average molecular weight is 480 g/mol. The minimum Gasteiger partial charge on any atom is -0.352 e. The lowest BCUT2D eigenvalue weighted by Gasteiger charge is -2.32. The van der Waals surface area contributed by atoms with Gasteiger partial charge in [0.2, 0.25) is 5.95 Å². The van der Waals surface area contributed by atoms with Crippen molar-refractivity contribution in [3.63, 3.8) is 0 Å².